The molecule has 82 valence electrons. The molecule has 4 nitrogen and oxygen atoms in total. The molecule has 1 aromatic heterocycles. The lowest BCUT2D eigenvalue weighted by molar-refractivity contribution is 0.0894. The van der Waals surface area contributed by atoms with Crippen LogP contribution in [-0.4, -0.2) is 15.7 Å². The molecule has 0 aliphatic carbocycles. The zero-order chi connectivity index (χ0) is 11.5. The molecule has 0 unspecified atom stereocenters. The summed E-state index contributed by atoms with van der Waals surface area (Å²) in [6.07, 6.45) is 0.223. The molecule has 0 amide bonds. The number of carbonyl (C=O) groups is 1. The maximum absolute atomic E-state index is 11.8. The molecule has 0 bridgehead atoms. The summed E-state index contributed by atoms with van der Waals surface area (Å²) in [5.74, 6) is -0.246. The van der Waals surface area contributed by atoms with Gasteiger partial charge in [0, 0.05) is 11.8 Å². The maximum atomic E-state index is 11.8. The number of nitrogens with one attached hydrogen (secondary N) is 1. The van der Waals surface area contributed by atoms with E-state index in [1.54, 1.807) is 6.92 Å². The third-order valence-corrected chi connectivity index (χ3v) is 2.30. The zero-order valence-electron chi connectivity index (χ0n) is 8.93. The van der Waals surface area contributed by atoms with Gasteiger partial charge in [-0.3, -0.25) is 14.7 Å². The van der Waals surface area contributed by atoms with Gasteiger partial charge in [-0.05, 0) is 12.5 Å². The topological polar surface area (TPSA) is 54.9 Å². The number of aromatic amines is 1. The van der Waals surface area contributed by atoms with Crippen LogP contribution in [0.1, 0.15) is 16.1 Å². The Morgan fingerprint density at radius 3 is 2.56 bits per heavy atom. The second-order valence-electron chi connectivity index (χ2n) is 3.67. The highest BCUT2D eigenvalue weighted by Gasteiger charge is 2.09. The van der Waals surface area contributed by atoms with Crippen LogP contribution in [0.3, 0.4) is 0 Å². The Hall–Kier alpha value is -2.10. The van der Waals surface area contributed by atoms with Crippen molar-refractivity contribution in [3.63, 3.8) is 0 Å². The molecule has 1 N–H and O–H groups in total. The monoisotopic (exact) mass is 216 g/mol. The van der Waals surface area contributed by atoms with Crippen LogP contribution in [0.2, 0.25) is 0 Å². The first-order valence-electron chi connectivity index (χ1n) is 5.02. The largest absolute Gasteiger partial charge is 0.293 e. The molecule has 0 aliphatic heterocycles. The molecule has 2 aromatic rings. The van der Waals surface area contributed by atoms with Gasteiger partial charge in [-0.1, -0.05) is 30.3 Å². The van der Waals surface area contributed by atoms with E-state index in [1.165, 1.54) is 6.07 Å². The first kappa shape index (κ1) is 10.4. The molecular weight excluding hydrogens is 204 g/mol. The summed E-state index contributed by atoms with van der Waals surface area (Å²) in [6.45, 7) is 1.74. The highest BCUT2D eigenvalue weighted by molar-refractivity contribution is 5.80. The predicted octanol–water partition coefficient (Wildman–Crippen LogP) is 1.37. The van der Waals surface area contributed by atoms with Gasteiger partial charge >= 0.3 is 0 Å². The van der Waals surface area contributed by atoms with E-state index in [0.29, 0.717) is 5.69 Å². The first-order chi connectivity index (χ1) is 7.66. The van der Waals surface area contributed by atoms with E-state index in [2.05, 4.69) is 5.10 Å². The minimum Gasteiger partial charge on any atom is -0.293 e. The zero-order valence-corrected chi connectivity index (χ0v) is 8.93. The summed E-state index contributed by atoms with van der Waals surface area (Å²) in [4.78, 5) is 23.2. The highest BCUT2D eigenvalue weighted by atomic mass is 16.2. The van der Waals surface area contributed by atoms with E-state index in [4.69, 9.17) is 0 Å². The number of H-pyrrole nitrogens is 1. The van der Waals surface area contributed by atoms with Crippen LogP contribution >= 0.6 is 0 Å². The number of hydrogen-bond donors (Lipinski definition) is 1. The van der Waals surface area contributed by atoms with E-state index >= 15 is 0 Å². The van der Waals surface area contributed by atoms with E-state index in [-0.39, 0.29) is 17.9 Å². The third-order valence-electron chi connectivity index (χ3n) is 2.30. The molecule has 0 aliphatic rings. The summed E-state index contributed by atoms with van der Waals surface area (Å²) in [7, 11) is 0. The van der Waals surface area contributed by atoms with Gasteiger partial charge in [-0.2, -0.15) is 4.68 Å². The van der Waals surface area contributed by atoms with Crippen molar-refractivity contribution >= 4 is 5.91 Å². The smallest absolute Gasteiger partial charge is 0.273 e. The second kappa shape index (κ2) is 4.18. The lowest BCUT2D eigenvalue weighted by atomic mass is 10.1. The van der Waals surface area contributed by atoms with Gasteiger partial charge in [-0.25, -0.2) is 0 Å². The summed E-state index contributed by atoms with van der Waals surface area (Å²) in [5, 5.41) is 2.72. The van der Waals surface area contributed by atoms with E-state index < -0.39 is 0 Å². The van der Waals surface area contributed by atoms with Crippen molar-refractivity contribution in [1.29, 1.82) is 0 Å². The Morgan fingerprint density at radius 2 is 2.00 bits per heavy atom. The molecule has 2 rings (SSSR count). The Bertz CT molecular complexity index is 552. The molecular formula is C12H12N2O2. The molecule has 0 atom stereocenters. The number of nitrogens with zero attached hydrogens (tertiary/aromatic N) is 1. The van der Waals surface area contributed by atoms with Crippen molar-refractivity contribution < 1.29 is 4.79 Å². The van der Waals surface area contributed by atoms with Crippen molar-refractivity contribution in [3.8, 4) is 0 Å². The fraction of sp³-hybridized carbons (Fsp3) is 0.167. The van der Waals surface area contributed by atoms with Crippen LogP contribution in [0.15, 0.2) is 41.2 Å². The van der Waals surface area contributed by atoms with Crippen LogP contribution in [0, 0.1) is 6.92 Å². The minimum absolute atomic E-state index is 0.223. The third kappa shape index (κ3) is 2.11. The molecule has 0 fully saturated rings. The summed E-state index contributed by atoms with van der Waals surface area (Å²) < 4.78 is 1.04. The Labute approximate surface area is 92.5 Å². The average molecular weight is 216 g/mol. The average Bonchev–Trinajstić information content (AvgIpc) is 2.59. The van der Waals surface area contributed by atoms with Gasteiger partial charge in [-0.15, -0.1) is 0 Å². The van der Waals surface area contributed by atoms with Crippen molar-refractivity contribution in [2.75, 3.05) is 0 Å². The van der Waals surface area contributed by atoms with Crippen LogP contribution in [-0.2, 0) is 6.42 Å². The quantitative estimate of drug-likeness (QED) is 0.824. The molecule has 1 aromatic carbocycles. The number of rotatable bonds is 2. The number of benzene rings is 1. The number of aryl methyl sites for hydroxylation is 1. The number of hydrogen-bond acceptors (Lipinski definition) is 2. The highest BCUT2D eigenvalue weighted by Crippen LogP contribution is 2.00. The Morgan fingerprint density at radius 1 is 1.31 bits per heavy atom. The number of carbonyl (C=O) groups excluding carboxylic acids is 1. The minimum atomic E-state index is -0.307. The lowest BCUT2D eigenvalue weighted by Gasteiger charge is -2.00. The Kier molecular flexibility index (Phi) is 2.72. The normalized spacial score (nSPS) is 10.3. The van der Waals surface area contributed by atoms with Gasteiger partial charge in [0.2, 0.25) is 0 Å². The van der Waals surface area contributed by atoms with Crippen molar-refractivity contribution in [3.05, 3.63) is 58.0 Å². The second-order valence-corrected chi connectivity index (χ2v) is 3.67. The van der Waals surface area contributed by atoms with E-state index in [9.17, 15) is 9.59 Å². The maximum Gasteiger partial charge on any atom is 0.273 e. The van der Waals surface area contributed by atoms with Gasteiger partial charge in [0.1, 0.15) is 0 Å². The fourth-order valence-electron chi connectivity index (χ4n) is 1.55. The SMILES string of the molecule is Cc1cc(=O)n(C(=O)Cc2ccccc2)[nH]1. The molecule has 0 spiro atoms. The summed E-state index contributed by atoms with van der Waals surface area (Å²) in [6, 6.07) is 10.7. The van der Waals surface area contributed by atoms with Crippen LogP contribution in [0.5, 0.6) is 0 Å². The van der Waals surface area contributed by atoms with Crippen molar-refractivity contribution in [2.45, 2.75) is 13.3 Å². The number of aromatic nitrogens is 2. The molecule has 0 radical (unpaired) electrons. The first-order valence-corrected chi connectivity index (χ1v) is 5.02. The molecule has 16 heavy (non-hydrogen) atoms. The molecule has 1 heterocycles. The van der Waals surface area contributed by atoms with Gasteiger partial charge in [0.05, 0.1) is 6.42 Å². The van der Waals surface area contributed by atoms with Crippen LogP contribution in [0.4, 0.5) is 0 Å². The van der Waals surface area contributed by atoms with Gasteiger partial charge in [0.25, 0.3) is 11.5 Å². The standard InChI is InChI=1S/C12H12N2O2/c1-9-7-11(15)14(13-9)12(16)8-10-5-3-2-4-6-10/h2-7,13H,8H2,1H3. The van der Waals surface area contributed by atoms with Crippen molar-refractivity contribution in [1.82, 2.24) is 9.78 Å². The predicted molar refractivity (Wildman–Crippen MR) is 60.6 cm³/mol. The molecule has 0 saturated heterocycles. The lowest BCUT2D eigenvalue weighted by Crippen LogP contribution is -2.25. The van der Waals surface area contributed by atoms with Gasteiger partial charge in [0.15, 0.2) is 0 Å². The Balaban J connectivity index is 2.21. The van der Waals surface area contributed by atoms with Crippen LogP contribution < -0.4 is 5.56 Å². The fourth-order valence-corrected chi connectivity index (χ4v) is 1.55. The van der Waals surface area contributed by atoms with Gasteiger partial charge < -0.3 is 0 Å². The summed E-state index contributed by atoms with van der Waals surface area (Å²) in [5.41, 5.74) is 1.27. The van der Waals surface area contributed by atoms with Crippen molar-refractivity contribution in [2.24, 2.45) is 0 Å². The summed E-state index contributed by atoms with van der Waals surface area (Å²) >= 11 is 0. The van der Waals surface area contributed by atoms with E-state index in [1.807, 2.05) is 30.3 Å². The molecule has 0 saturated carbocycles. The van der Waals surface area contributed by atoms with Crippen LogP contribution in [0.25, 0.3) is 0 Å². The van der Waals surface area contributed by atoms with E-state index in [0.717, 1.165) is 10.2 Å². The molecule has 4 heteroatoms.